The topological polar surface area (TPSA) is 107 Å². The molecule has 0 spiro atoms. The third-order valence-corrected chi connectivity index (χ3v) is 4.70. The number of hydrogen-bond acceptors (Lipinski definition) is 7. The SMILES string of the molecule is COc1cc(OC)c(/C=C/C(=O)Nc2ccc(OC)c(C(C(=O)O)N(C)C)c2)c(OC)c1. The first kappa shape index (κ1) is 24.5. The summed E-state index contributed by atoms with van der Waals surface area (Å²) in [4.78, 5) is 25.8. The Labute approximate surface area is 187 Å². The van der Waals surface area contributed by atoms with Crippen molar-refractivity contribution in [3.63, 3.8) is 0 Å². The molecule has 172 valence electrons. The summed E-state index contributed by atoms with van der Waals surface area (Å²) in [5.41, 5.74) is 1.42. The van der Waals surface area contributed by atoms with Gasteiger partial charge in [0.05, 0.1) is 34.0 Å². The second kappa shape index (κ2) is 11.1. The lowest BCUT2D eigenvalue weighted by molar-refractivity contribution is -0.142. The molecular formula is C23H28N2O7. The van der Waals surface area contributed by atoms with E-state index in [2.05, 4.69) is 5.32 Å². The Morgan fingerprint density at radius 3 is 2.00 bits per heavy atom. The van der Waals surface area contributed by atoms with Crippen molar-refractivity contribution < 1.29 is 33.6 Å². The predicted molar refractivity (Wildman–Crippen MR) is 121 cm³/mol. The zero-order valence-electron chi connectivity index (χ0n) is 19.0. The number of likely N-dealkylation sites (N-methyl/N-ethyl adjacent to an activating group) is 1. The van der Waals surface area contributed by atoms with Gasteiger partial charge >= 0.3 is 5.97 Å². The highest BCUT2D eigenvalue weighted by Crippen LogP contribution is 2.35. The molecule has 0 saturated carbocycles. The Morgan fingerprint density at radius 1 is 0.938 bits per heavy atom. The van der Waals surface area contributed by atoms with Gasteiger partial charge in [-0.25, -0.2) is 0 Å². The van der Waals surface area contributed by atoms with Crippen molar-refractivity contribution in [3.8, 4) is 23.0 Å². The van der Waals surface area contributed by atoms with Crippen molar-refractivity contribution in [1.82, 2.24) is 4.90 Å². The predicted octanol–water partition coefficient (Wildman–Crippen LogP) is 3.06. The molecule has 1 amide bonds. The number of hydrogen-bond donors (Lipinski definition) is 2. The van der Waals surface area contributed by atoms with E-state index in [9.17, 15) is 14.7 Å². The zero-order valence-corrected chi connectivity index (χ0v) is 19.0. The molecule has 0 bridgehead atoms. The van der Waals surface area contributed by atoms with E-state index in [4.69, 9.17) is 18.9 Å². The zero-order chi connectivity index (χ0) is 23.8. The van der Waals surface area contributed by atoms with Crippen LogP contribution in [0.1, 0.15) is 17.2 Å². The maximum Gasteiger partial charge on any atom is 0.325 e. The average molecular weight is 444 g/mol. The Hall–Kier alpha value is -3.72. The van der Waals surface area contributed by atoms with Gasteiger partial charge in [-0.15, -0.1) is 0 Å². The summed E-state index contributed by atoms with van der Waals surface area (Å²) >= 11 is 0. The fourth-order valence-electron chi connectivity index (χ4n) is 3.20. The summed E-state index contributed by atoms with van der Waals surface area (Å²) < 4.78 is 21.3. The highest BCUT2D eigenvalue weighted by molar-refractivity contribution is 6.02. The minimum absolute atomic E-state index is 0.410. The van der Waals surface area contributed by atoms with Crippen molar-refractivity contribution in [2.45, 2.75) is 6.04 Å². The van der Waals surface area contributed by atoms with Crippen molar-refractivity contribution in [1.29, 1.82) is 0 Å². The number of rotatable bonds is 10. The molecule has 1 atom stereocenters. The molecule has 2 aromatic carbocycles. The maximum absolute atomic E-state index is 12.5. The van der Waals surface area contributed by atoms with Crippen LogP contribution in [-0.4, -0.2) is 64.4 Å². The first-order valence-electron chi connectivity index (χ1n) is 9.61. The summed E-state index contributed by atoms with van der Waals surface area (Å²) in [6.07, 6.45) is 2.90. The van der Waals surface area contributed by atoms with Gasteiger partial charge in [0.1, 0.15) is 29.0 Å². The number of nitrogens with one attached hydrogen (secondary N) is 1. The standard InChI is InChI=1S/C23H28N2O7/c1-25(2)22(23(27)28)17-11-14(7-9-18(17)30-4)24-21(26)10-8-16-19(31-5)12-15(29-3)13-20(16)32-6/h7-13,22H,1-6H3,(H,24,26)(H,27,28)/b10-8+. The van der Waals surface area contributed by atoms with E-state index in [0.29, 0.717) is 39.8 Å². The lowest BCUT2D eigenvalue weighted by Crippen LogP contribution is -2.28. The van der Waals surface area contributed by atoms with Gasteiger partial charge in [-0.1, -0.05) is 0 Å². The van der Waals surface area contributed by atoms with E-state index < -0.39 is 17.9 Å². The molecule has 0 radical (unpaired) electrons. The van der Waals surface area contributed by atoms with Gasteiger partial charge in [-0.3, -0.25) is 14.5 Å². The molecule has 2 aromatic rings. The molecule has 0 aliphatic heterocycles. The second-order valence-electron chi connectivity index (χ2n) is 6.93. The lowest BCUT2D eigenvalue weighted by atomic mass is 10.0. The van der Waals surface area contributed by atoms with Crippen LogP contribution in [0.4, 0.5) is 5.69 Å². The number of amides is 1. The van der Waals surface area contributed by atoms with E-state index in [1.165, 1.54) is 34.5 Å². The van der Waals surface area contributed by atoms with Crippen LogP contribution in [0, 0.1) is 0 Å². The largest absolute Gasteiger partial charge is 0.496 e. The van der Waals surface area contributed by atoms with E-state index in [0.717, 1.165) is 0 Å². The van der Waals surface area contributed by atoms with Crippen molar-refractivity contribution in [2.75, 3.05) is 47.9 Å². The molecule has 2 N–H and O–H groups in total. The smallest absolute Gasteiger partial charge is 0.325 e. The Morgan fingerprint density at radius 2 is 1.53 bits per heavy atom. The molecule has 0 aromatic heterocycles. The lowest BCUT2D eigenvalue weighted by Gasteiger charge is -2.23. The minimum Gasteiger partial charge on any atom is -0.496 e. The number of ether oxygens (including phenoxy) is 4. The minimum atomic E-state index is -1.03. The van der Waals surface area contributed by atoms with Gasteiger partial charge in [0, 0.05) is 29.5 Å². The molecule has 0 aliphatic carbocycles. The number of carbonyl (C=O) groups is 2. The van der Waals surface area contributed by atoms with Gasteiger partial charge in [-0.2, -0.15) is 0 Å². The van der Waals surface area contributed by atoms with Crippen LogP contribution in [0.5, 0.6) is 23.0 Å². The van der Waals surface area contributed by atoms with E-state index in [-0.39, 0.29) is 0 Å². The molecule has 9 nitrogen and oxygen atoms in total. The van der Waals surface area contributed by atoms with Gasteiger partial charge in [0.2, 0.25) is 5.91 Å². The third-order valence-electron chi connectivity index (χ3n) is 4.70. The number of anilines is 1. The highest BCUT2D eigenvalue weighted by atomic mass is 16.5. The number of carboxylic acids is 1. The summed E-state index contributed by atoms with van der Waals surface area (Å²) in [6.45, 7) is 0. The first-order chi connectivity index (χ1) is 15.2. The van der Waals surface area contributed by atoms with Crippen molar-refractivity contribution in [2.24, 2.45) is 0 Å². The summed E-state index contributed by atoms with van der Waals surface area (Å²) in [6, 6.07) is 7.26. The van der Waals surface area contributed by atoms with E-state index in [1.807, 2.05) is 0 Å². The molecule has 0 fully saturated rings. The molecule has 2 rings (SSSR count). The van der Waals surface area contributed by atoms with Crippen molar-refractivity contribution in [3.05, 3.63) is 47.5 Å². The number of nitrogens with zero attached hydrogens (tertiary/aromatic N) is 1. The normalized spacial score (nSPS) is 11.8. The van der Waals surface area contributed by atoms with Crippen molar-refractivity contribution >= 4 is 23.6 Å². The van der Waals surface area contributed by atoms with Gasteiger partial charge in [-0.05, 0) is 38.4 Å². The molecule has 9 heteroatoms. The number of carboxylic acid groups (broad SMARTS) is 1. The molecule has 1 unspecified atom stereocenters. The summed E-state index contributed by atoms with van der Waals surface area (Å²) in [7, 11) is 9.32. The Kier molecular flexibility index (Phi) is 8.48. The van der Waals surface area contributed by atoms with Gasteiger partial charge in [0.25, 0.3) is 0 Å². The summed E-state index contributed by atoms with van der Waals surface area (Å²) in [5.74, 6) is 0.472. The number of benzene rings is 2. The van der Waals surface area contributed by atoms with Crippen LogP contribution in [0.25, 0.3) is 6.08 Å². The fraction of sp³-hybridized carbons (Fsp3) is 0.304. The molecule has 0 heterocycles. The number of carbonyl (C=O) groups excluding carboxylic acids is 1. The Bertz CT molecular complexity index is 977. The average Bonchev–Trinajstić information content (AvgIpc) is 2.76. The molecule has 32 heavy (non-hydrogen) atoms. The number of aliphatic carboxylic acids is 1. The van der Waals surface area contributed by atoms with Crippen LogP contribution < -0.4 is 24.3 Å². The molecule has 0 saturated heterocycles. The second-order valence-corrected chi connectivity index (χ2v) is 6.93. The van der Waals surface area contributed by atoms with Gasteiger partial charge < -0.3 is 29.4 Å². The third kappa shape index (κ3) is 5.70. The summed E-state index contributed by atoms with van der Waals surface area (Å²) in [5, 5.41) is 12.3. The molecule has 0 aliphatic rings. The van der Waals surface area contributed by atoms with Crippen LogP contribution >= 0.6 is 0 Å². The van der Waals surface area contributed by atoms with Crippen LogP contribution in [0.15, 0.2) is 36.4 Å². The highest BCUT2D eigenvalue weighted by Gasteiger charge is 2.26. The van der Waals surface area contributed by atoms with E-state index in [1.54, 1.807) is 55.4 Å². The van der Waals surface area contributed by atoms with Crippen LogP contribution in [-0.2, 0) is 9.59 Å². The van der Waals surface area contributed by atoms with Crippen LogP contribution in [0.2, 0.25) is 0 Å². The van der Waals surface area contributed by atoms with Gasteiger partial charge in [0.15, 0.2) is 0 Å². The first-order valence-corrected chi connectivity index (χ1v) is 9.61. The monoisotopic (exact) mass is 444 g/mol. The fourth-order valence-corrected chi connectivity index (χ4v) is 3.20. The molecular weight excluding hydrogens is 416 g/mol. The quantitative estimate of drug-likeness (QED) is 0.539. The maximum atomic E-state index is 12.5. The Balaban J connectivity index is 2.32. The van der Waals surface area contributed by atoms with Crippen LogP contribution in [0.3, 0.4) is 0 Å². The number of methoxy groups -OCH3 is 4. The van der Waals surface area contributed by atoms with E-state index >= 15 is 0 Å².